The van der Waals surface area contributed by atoms with Crippen molar-refractivity contribution in [1.29, 1.82) is 5.26 Å². The number of hydrogen-bond donors (Lipinski definition) is 1. The fourth-order valence-corrected chi connectivity index (χ4v) is 1.70. The van der Waals surface area contributed by atoms with Gasteiger partial charge in [0.05, 0.1) is 18.6 Å². The second-order valence-corrected chi connectivity index (χ2v) is 5.24. The van der Waals surface area contributed by atoms with Crippen molar-refractivity contribution in [2.75, 3.05) is 19.8 Å². The number of alkyl carbamates (subject to hydrolysis) is 1. The number of carbonyl (C=O) groups excluding carboxylic acids is 1. The summed E-state index contributed by atoms with van der Waals surface area (Å²) < 4.78 is 10.4. The van der Waals surface area contributed by atoms with Crippen LogP contribution < -0.4 is 5.32 Å². The first kappa shape index (κ1) is 13.8. The molecule has 1 amide bonds. The van der Waals surface area contributed by atoms with Gasteiger partial charge in [0.1, 0.15) is 5.60 Å². The zero-order chi connectivity index (χ0) is 12.9. The Morgan fingerprint density at radius 3 is 2.88 bits per heavy atom. The molecule has 1 aliphatic rings. The van der Waals surface area contributed by atoms with Gasteiger partial charge in [-0.25, -0.2) is 4.79 Å². The van der Waals surface area contributed by atoms with Crippen LogP contribution in [0.4, 0.5) is 4.79 Å². The highest BCUT2D eigenvalue weighted by Crippen LogP contribution is 2.20. The van der Waals surface area contributed by atoms with Crippen LogP contribution in [-0.4, -0.2) is 31.5 Å². The van der Waals surface area contributed by atoms with Crippen LogP contribution in [0, 0.1) is 23.2 Å². The van der Waals surface area contributed by atoms with Crippen molar-refractivity contribution in [3.8, 4) is 6.07 Å². The zero-order valence-electron chi connectivity index (χ0n) is 10.7. The Balaban J connectivity index is 2.34. The molecule has 96 valence electrons. The Hall–Kier alpha value is -1.28. The van der Waals surface area contributed by atoms with Crippen molar-refractivity contribution >= 4 is 6.09 Å². The molecule has 0 bridgehead atoms. The molecule has 1 heterocycles. The predicted octanol–water partition coefficient (Wildman–Crippen LogP) is 1.69. The summed E-state index contributed by atoms with van der Waals surface area (Å²) in [4.78, 5) is 11.4. The summed E-state index contributed by atoms with van der Waals surface area (Å²) in [6, 6.07) is 2.21. The highest BCUT2D eigenvalue weighted by atomic mass is 16.6. The summed E-state index contributed by atoms with van der Waals surface area (Å²) in [6.07, 6.45) is 0.370. The zero-order valence-corrected chi connectivity index (χ0v) is 10.7. The van der Waals surface area contributed by atoms with Gasteiger partial charge in [0.15, 0.2) is 0 Å². The maximum atomic E-state index is 11.4. The van der Waals surface area contributed by atoms with Crippen molar-refractivity contribution in [3.63, 3.8) is 0 Å². The Bertz CT molecular complexity index is 304. The highest BCUT2D eigenvalue weighted by molar-refractivity contribution is 5.67. The van der Waals surface area contributed by atoms with E-state index in [1.165, 1.54) is 0 Å². The summed E-state index contributed by atoms with van der Waals surface area (Å²) >= 11 is 0. The monoisotopic (exact) mass is 240 g/mol. The number of rotatable bonds is 2. The van der Waals surface area contributed by atoms with Gasteiger partial charge in [-0.2, -0.15) is 5.26 Å². The second kappa shape index (κ2) is 5.87. The van der Waals surface area contributed by atoms with E-state index >= 15 is 0 Å². The summed E-state index contributed by atoms with van der Waals surface area (Å²) in [5.74, 6) is 0.0138. The molecule has 0 aromatic rings. The van der Waals surface area contributed by atoms with Crippen LogP contribution in [0.15, 0.2) is 0 Å². The van der Waals surface area contributed by atoms with Crippen molar-refractivity contribution in [1.82, 2.24) is 5.32 Å². The lowest BCUT2D eigenvalue weighted by Crippen LogP contribution is -2.39. The molecule has 2 atom stereocenters. The molecule has 17 heavy (non-hydrogen) atoms. The van der Waals surface area contributed by atoms with Crippen LogP contribution >= 0.6 is 0 Å². The minimum absolute atomic E-state index is 0.140. The molecular formula is C12H20N2O3. The van der Waals surface area contributed by atoms with Gasteiger partial charge in [-0.3, -0.25) is 0 Å². The molecule has 1 fully saturated rings. The Labute approximate surface area is 102 Å². The lowest BCUT2D eigenvalue weighted by atomic mass is 9.89. The van der Waals surface area contributed by atoms with E-state index in [9.17, 15) is 4.79 Å². The number of nitrogens with zero attached hydrogens (tertiary/aromatic N) is 1. The topological polar surface area (TPSA) is 71.3 Å². The van der Waals surface area contributed by atoms with Crippen molar-refractivity contribution in [2.45, 2.75) is 32.8 Å². The Kier molecular flexibility index (Phi) is 4.76. The highest BCUT2D eigenvalue weighted by Gasteiger charge is 2.26. The summed E-state index contributed by atoms with van der Waals surface area (Å²) in [5.41, 5.74) is -0.492. The molecule has 1 aliphatic heterocycles. The van der Waals surface area contributed by atoms with Gasteiger partial charge >= 0.3 is 6.09 Å². The maximum absolute atomic E-state index is 11.4. The molecule has 5 nitrogen and oxygen atoms in total. The summed E-state index contributed by atoms with van der Waals surface area (Å²) in [5, 5.41) is 11.6. The van der Waals surface area contributed by atoms with Crippen LogP contribution in [0.5, 0.6) is 0 Å². The van der Waals surface area contributed by atoms with Gasteiger partial charge in [-0.15, -0.1) is 0 Å². The molecule has 0 unspecified atom stereocenters. The number of hydrogen-bond acceptors (Lipinski definition) is 4. The van der Waals surface area contributed by atoms with Crippen LogP contribution in [0.3, 0.4) is 0 Å². The van der Waals surface area contributed by atoms with E-state index in [4.69, 9.17) is 14.7 Å². The first-order chi connectivity index (χ1) is 7.92. The van der Waals surface area contributed by atoms with Gasteiger partial charge in [0, 0.05) is 13.2 Å². The van der Waals surface area contributed by atoms with E-state index in [0.717, 1.165) is 6.42 Å². The van der Waals surface area contributed by atoms with Gasteiger partial charge in [-0.1, -0.05) is 0 Å². The molecule has 5 heteroatoms. The second-order valence-electron chi connectivity index (χ2n) is 5.24. The summed E-state index contributed by atoms with van der Waals surface area (Å²) in [7, 11) is 0. The average Bonchev–Trinajstić information content (AvgIpc) is 2.24. The van der Waals surface area contributed by atoms with E-state index in [1.54, 1.807) is 0 Å². The summed E-state index contributed by atoms with van der Waals surface area (Å²) in [6.45, 7) is 7.03. The molecule has 1 rings (SSSR count). The third kappa shape index (κ3) is 5.05. The quantitative estimate of drug-likeness (QED) is 0.797. The number of nitriles is 1. The minimum atomic E-state index is -0.492. The van der Waals surface area contributed by atoms with Gasteiger partial charge < -0.3 is 14.8 Å². The standard InChI is InChI=1S/C12H20N2O3/c1-12(2,3)17-11(15)14-7-9-4-5-16-8-10(9)6-13/h9-10H,4-5,7-8H2,1-3H3,(H,14,15)/t9-,10+/m0/s1. The fourth-order valence-electron chi connectivity index (χ4n) is 1.70. The van der Waals surface area contributed by atoms with E-state index in [0.29, 0.717) is 19.8 Å². The smallest absolute Gasteiger partial charge is 0.407 e. The van der Waals surface area contributed by atoms with Crippen LogP contribution in [0.25, 0.3) is 0 Å². The normalized spacial score (nSPS) is 24.8. The van der Waals surface area contributed by atoms with Gasteiger partial charge in [-0.05, 0) is 33.1 Å². The van der Waals surface area contributed by atoms with E-state index < -0.39 is 11.7 Å². The van der Waals surface area contributed by atoms with E-state index in [1.807, 2.05) is 20.8 Å². The number of ether oxygens (including phenoxy) is 2. The maximum Gasteiger partial charge on any atom is 0.407 e. The molecule has 0 saturated carbocycles. The molecule has 0 aromatic carbocycles. The molecule has 1 saturated heterocycles. The first-order valence-electron chi connectivity index (χ1n) is 5.86. The minimum Gasteiger partial charge on any atom is -0.444 e. The van der Waals surface area contributed by atoms with Crippen LogP contribution in [-0.2, 0) is 9.47 Å². The molecular weight excluding hydrogens is 220 g/mol. The Morgan fingerprint density at radius 2 is 2.29 bits per heavy atom. The van der Waals surface area contributed by atoms with E-state index in [2.05, 4.69) is 11.4 Å². The Morgan fingerprint density at radius 1 is 1.59 bits per heavy atom. The largest absolute Gasteiger partial charge is 0.444 e. The van der Waals surface area contributed by atoms with Gasteiger partial charge in [0.25, 0.3) is 0 Å². The van der Waals surface area contributed by atoms with Crippen molar-refractivity contribution in [3.05, 3.63) is 0 Å². The molecule has 0 radical (unpaired) electrons. The number of nitrogens with one attached hydrogen (secondary N) is 1. The average molecular weight is 240 g/mol. The van der Waals surface area contributed by atoms with E-state index in [-0.39, 0.29) is 11.8 Å². The number of carbonyl (C=O) groups is 1. The third-order valence-electron chi connectivity index (χ3n) is 2.57. The molecule has 0 aliphatic carbocycles. The van der Waals surface area contributed by atoms with Crippen LogP contribution in [0.2, 0.25) is 0 Å². The lowest BCUT2D eigenvalue weighted by molar-refractivity contribution is 0.0309. The van der Waals surface area contributed by atoms with Crippen molar-refractivity contribution in [2.24, 2.45) is 11.8 Å². The predicted molar refractivity (Wildman–Crippen MR) is 62.3 cm³/mol. The molecule has 0 aromatic heterocycles. The lowest BCUT2D eigenvalue weighted by Gasteiger charge is -2.27. The van der Waals surface area contributed by atoms with Gasteiger partial charge in [0.2, 0.25) is 0 Å². The van der Waals surface area contributed by atoms with Crippen molar-refractivity contribution < 1.29 is 14.3 Å². The molecule has 1 N–H and O–H groups in total. The number of amides is 1. The fraction of sp³-hybridized carbons (Fsp3) is 0.833. The first-order valence-corrected chi connectivity index (χ1v) is 5.86. The molecule has 0 spiro atoms. The third-order valence-corrected chi connectivity index (χ3v) is 2.57. The van der Waals surface area contributed by atoms with Crippen LogP contribution in [0.1, 0.15) is 27.2 Å². The SMILES string of the molecule is CC(C)(C)OC(=O)NC[C@@H]1CCOC[C@H]1C#N.